The number of hydrogen-bond donors (Lipinski definition) is 2. The van der Waals surface area contributed by atoms with Crippen LogP contribution in [0.1, 0.15) is 24.0 Å². The molecule has 1 heterocycles. The number of piperidine rings is 1. The third-order valence-corrected chi connectivity index (χ3v) is 3.35. The van der Waals surface area contributed by atoms with Gasteiger partial charge in [-0.15, -0.1) is 0 Å². The van der Waals surface area contributed by atoms with Crippen molar-refractivity contribution in [2.75, 3.05) is 25.0 Å². The fourth-order valence-corrected chi connectivity index (χ4v) is 2.23. The Morgan fingerprint density at radius 1 is 1.53 bits per heavy atom. The topological polar surface area (TPSA) is 47.9 Å². The molecule has 0 aliphatic carbocycles. The molecule has 1 saturated heterocycles. The van der Waals surface area contributed by atoms with Gasteiger partial charge in [-0.25, -0.2) is 0 Å². The van der Waals surface area contributed by atoms with Crippen molar-refractivity contribution in [1.29, 1.82) is 5.26 Å². The molecular weight excluding hydrogens is 210 g/mol. The second-order valence-corrected chi connectivity index (χ2v) is 4.73. The molecule has 2 rings (SSSR count). The fraction of sp³-hybridized carbons (Fsp3) is 0.500. The normalized spacial score (nSPS) is 19.6. The molecule has 2 N–H and O–H groups in total. The third kappa shape index (κ3) is 3.21. The van der Waals surface area contributed by atoms with Gasteiger partial charge in [-0.1, -0.05) is 6.07 Å². The minimum atomic E-state index is 0.703. The summed E-state index contributed by atoms with van der Waals surface area (Å²) < 4.78 is 0. The van der Waals surface area contributed by atoms with Crippen molar-refractivity contribution < 1.29 is 0 Å². The Morgan fingerprint density at radius 2 is 2.41 bits per heavy atom. The van der Waals surface area contributed by atoms with E-state index in [1.165, 1.54) is 18.4 Å². The largest absolute Gasteiger partial charge is 0.384 e. The molecule has 1 atom stereocenters. The van der Waals surface area contributed by atoms with E-state index in [2.05, 4.69) is 23.6 Å². The summed E-state index contributed by atoms with van der Waals surface area (Å²) in [6.07, 6.45) is 2.56. The van der Waals surface area contributed by atoms with Crippen LogP contribution in [0.5, 0.6) is 0 Å². The standard InChI is InChI=1S/C14H19N3/c1-11-4-5-12(8-15)7-14(11)17-10-13-3-2-6-16-9-13/h4-5,7,13,16-17H,2-3,6,9-10H2,1H3. The van der Waals surface area contributed by atoms with Crippen LogP contribution in [-0.4, -0.2) is 19.6 Å². The molecule has 1 unspecified atom stereocenters. The summed E-state index contributed by atoms with van der Waals surface area (Å²) >= 11 is 0. The van der Waals surface area contributed by atoms with Crippen LogP contribution in [0.4, 0.5) is 5.69 Å². The summed E-state index contributed by atoms with van der Waals surface area (Å²) in [4.78, 5) is 0. The van der Waals surface area contributed by atoms with Crippen molar-refractivity contribution in [2.45, 2.75) is 19.8 Å². The first-order valence-corrected chi connectivity index (χ1v) is 6.25. The summed E-state index contributed by atoms with van der Waals surface area (Å²) in [6.45, 7) is 5.31. The van der Waals surface area contributed by atoms with Gasteiger partial charge in [-0.05, 0) is 56.5 Å². The van der Waals surface area contributed by atoms with Crippen molar-refractivity contribution in [1.82, 2.24) is 5.32 Å². The van der Waals surface area contributed by atoms with E-state index in [4.69, 9.17) is 5.26 Å². The van der Waals surface area contributed by atoms with E-state index in [-0.39, 0.29) is 0 Å². The van der Waals surface area contributed by atoms with Crippen molar-refractivity contribution >= 4 is 5.69 Å². The molecule has 1 aliphatic rings. The first-order chi connectivity index (χ1) is 8.29. The van der Waals surface area contributed by atoms with Gasteiger partial charge in [0.05, 0.1) is 11.6 Å². The highest BCUT2D eigenvalue weighted by atomic mass is 14.9. The van der Waals surface area contributed by atoms with Gasteiger partial charge in [0.2, 0.25) is 0 Å². The average molecular weight is 229 g/mol. The predicted octanol–water partition coefficient (Wildman–Crippen LogP) is 2.28. The molecule has 3 nitrogen and oxygen atoms in total. The molecule has 0 bridgehead atoms. The predicted molar refractivity (Wildman–Crippen MR) is 70.0 cm³/mol. The smallest absolute Gasteiger partial charge is 0.0992 e. The molecule has 1 aliphatic heterocycles. The van der Waals surface area contributed by atoms with Gasteiger partial charge in [-0.2, -0.15) is 5.26 Å². The van der Waals surface area contributed by atoms with Gasteiger partial charge in [0.25, 0.3) is 0 Å². The Kier molecular flexibility index (Phi) is 4.00. The van der Waals surface area contributed by atoms with E-state index in [1.807, 2.05) is 18.2 Å². The van der Waals surface area contributed by atoms with Crippen LogP contribution in [0.25, 0.3) is 0 Å². The Morgan fingerprint density at radius 3 is 3.12 bits per heavy atom. The van der Waals surface area contributed by atoms with Crippen molar-refractivity contribution in [2.24, 2.45) is 5.92 Å². The zero-order chi connectivity index (χ0) is 12.1. The number of aryl methyl sites for hydroxylation is 1. The lowest BCUT2D eigenvalue weighted by Crippen LogP contribution is -2.33. The van der Waals surface area contributed by atoms with Gasteiger partial charge >= 0.3 is 0 Å². The molecule has 0 amide bonds. The molecular formula is C14H19N3. The Labute approximate surface area is 103 Å². The monoisotopic (exact) mass is 229 g/mol. The highest BCUT2D eigenvalue weighted by Gasteiger charge is 2.12. The Balaban J connectivity index is 1.95. The summed E-state index contributed by atoms with van der Waals surface area (Å²) in [5.74, 6) is 0.703. The summed E-state index contributed by atoms with van der Waals surface area (Å²) in [5, 5.41) is 15.8. The molecule has 0 aromatic heterocycles. The van der Waals surface area contributed by atoms with E-state index in [0.29, 0.717) is 5.92 Å². The second-order valence-electron chi connectivity index (χ2n) is 4.73. The van der Waals surface area contributed by atoms with Gasteiger partial charge < -0.3 is 10.6 Å². The van der Waals surface area contributed by atoms with Crippen molar-refractivity contribution in [3.8, 4) is 6.07 Å². The Hall–Kier alpha value is -1.53. The third-order valence-electron chi connectivity index (χ3n) is 3.35. The molecule has 0 spiro atoms. The molecule has 1 aromatic carbocycles. The summed E-state index contributed by atoms with van der Waals surface area (Å²) in [7, 11) is 0. The molecule has 90 valence electrons. The van der Waals surface area contributed by atoms with E-state index >= 15 is 0 Å². The summed E-state index contributed by atoms with van der Waals surface area (Å²) in [6, 6.07) is 7.98. The number of nitrogens with zero attached hydrogens (tertiary/aromatic N) is 1. The SMILES string of the molecule is Cc1ccc(C#N)cc1NCC1CCCNC1. The highest BCUT2D eigenvalue weighted by Crippen LogP contribution is 2.18. The van der Waals surface area contributed by atoms with Crippen LogP contribution >= 0.6 is 0 Å². The van der Waals surface area contributed by atoms with Crippen LogP contribution in [0, 0.1) is 24.2 Å². The maximum Gasteiger partial charge on any atom is 0.0992 e. The maximum absolute atomic E-state index is 8.88. The van der Waals surface area contributed by atoms with Gasteiger partial charge in [0.15, 0.2) is 0 Å². The van der Waals surface area contributed by atoms with Crippen LogP contribution in [0.3, 0.4) is 0 Å². The highest BCUT2D eigenvalue weighted by molar-refractivity contribution is 5.55. The lowest BCUT2D eigenvalue weighted by atomic mass is 9.99. The van der Waals surface area contributed by atoms with Gasteiger partial charge in [0, 0.05) is 12.2 Å². The summed E-state index contributed by atoms with van der Waals surface area (Å²) in [5.41, 5.74) is 3.02. The molecule has 3 heteroatoms. The number of benzene rings is 1. The lowest BCUT2D eigenvalue weighted by molar-refractivity contribution is 0.393. The van der Waals surface area contributed by atoms with Gasteiger partial charge in [0.1, 0.15) is 0 Å². The van der Waals surface area contributed by atoms with Crippen LogP contribution in [0.2, 0.25) is 0 Å². The minimum Gasteiger partial charge on any atom is -0.384 e. The first kappa shape index (κ1) is 11.9. The van der Waals surface area contributed by atoms with Crippen molar-refractivity contribution in [3.05, 3.63) is 29.3 Å². The number of nitrogens with one attached hydrogen (secondary N) is 2. The average Bonchev–Trinajstić information content (AvgIpc) is 2.39. The maximum atomic E-state index is 8.88. The number of hydrogen-bond acceptors (Lipinski definition) is 3. The number of rotatable bonds is 3. The number of anilines is 1. The molecule has 1 aromatic rings. The molecule has 0 radical (unpaired) electrons. The lowest BCUT2D eigenvalue weighted by Gasteiger charge is -2.23. The van der Waals surface area contributed by atoms with Crippen molar-refractivity contribution in [3.63, 3.8) is 0 Å². The zero-order valence-electron chi connectivity index (χ0n) is 10.3. The van der Waals surface area contributed by atoms with E-state index in [9.17, 15) is 0 Å². The molecule has 17 heavy (non-hydrogen) atoms. The molecule has 1 fully saturated rings. The Bertz CT molecular complexity index is 414. The second kappa shape index (κ2) is 5.70. The zero-order valence-corrected chi connectivity index (χ0v) is 10.3. The molecule has 0 saturated carbocycles. The van der Waals surface area contributed by atoms with E-state index in [1.54, 1.807) is 0 Å². The first-order valence-electron chi connectivity index (χ1n) is 6.25. The van der Waals surface area contributed by atoms with Crippen LogP contribution in [-0.2, 0) is 0 Å². The van der Waals surface area contributed by atoms with Gasteiger partial charge in [-0.3, -0.25) is 0 Å². The van der Waals surface area contributed by atoms with Crippen LogP contribution < -0.4 is 10.6 Å². The van der Waals surface area contributed by atoms with E-state index in [0.717, 1.165) is 30.9 Å². The van der Waals surface area contributed by atoms with Crippen LogP contribution in [0.15, 0.2) is 18.2 Å². The minimum absolute atomic E-state index is 0.703. The van der Waals surface area contributed by atoms with E-state index < -0.39 is 0 Å². The fourth-order valence-electron chi connectivity index (χ4n) is 2.23. The number of nitriles is 1. The quantitative estimate of drug-likeness (QED) is 0.836.